The summed E-state index contributed by atoms with van der Waals surface area (Å²) in [6, 6.07) is 11.7. The van der Waals surface area contributed by atoms with Crippen LogP contribution in [-0.4, -0.2) is 28.5 Å². The van der Waals surface area contributed by atoms with Crippen molar-refractivity contribution in [2.75, 3.05) is 6.54 Å². The molecule has 26 heavy (non-hydrogen) atoms. The Hall–Kier alpha value is -2.22. The molecule has 0 spiro atoms. The molecule has 4 rings (SSSR count). The lowest BCUT2D eigenvalue weighted by atomic mass is 9.85. The molecule has 0 saturated heterocycles. The fraction of sp³-hybridized carbons (Fsp3) is 0.263. The van der Waals surface area contributed by atoms with E-state index in [1.807, 2.05) is 35.2 Å². The predicted molar refractivity (Wildman–Crippen MR) is 103 cm³/mol. The molecule has 0 unspecified atom stereocenters. The summed E-state index contributed by atoms with van der Waals surface area (Å²) in [5.41, 5.74) is 2.41. The normalized spacial score (nSPS) is 15.7. The Balaban J connectivity index is 1.67. The minimum atomic E-state index is -0.511. The molecule has 0 radical (unpaired) electrons. The minimum Gasteiger partial charge on any atom is -0.333 e. The molecule has 3 heterocycles. The highest BCUT2D eigenvalue weighted by atomic mass is 32.1. The van der Waals surface area contributed by atoms with E-state index in [2.05, 4.69) is 13.8 Å². The third-order valence-electron chi connectivity index (χ3n) is 4.62. The van der Waals surface area contributed by atoms with Crippen LogP contribution in [0.5, 0.6) is 0 Å². The quantitative estimate of drug-likeness (QED) is 0.516. The topological polar surface area (TPSA) is 69.6 Å². The van der Waals surface area contributed by atoms with Crippen LogP contribution in [0.4, 0.5) is 0 Å². The first-order chi connectivity index (χ1) is 12.4. The lowest BCUT2D eigenvalue weighted by Crippen LogP contribution is -2.44. The van der Waals surface area contributed by atoms with E-state index in [1.54, 1.807) is 11.5 Å². The maximum Gasteiger partial charge on any atom is 0.284 e. The molecule has 2 N–H and O–H groups in total. The molecular formula is C19H18N2O3S2. The summed E-state index contributed by atoms with van der Waals surface area (Å²) in [5, 5.41) is 9.96. The van der Waals surface area contributed by atoms with Crippen LogP contribution in [0.1, 0.15) is 43.6 Å². The fourth-order valence-corrected chi connectivity index (χ4v) is 5.67. The second-order valence-electron chi connectivity index (χ2n) is 7.10. The number of benzene rings is 1. The molecular weight excluding hydrogens is 368 g/mol. The maximum absolute atomic E-state index is 13.1. The van der Waals surface area contributed by atoms with Crippen LogP contribution in [0.3, 0.4) is 0 Å². The second-order valence-corrected chi connectivity index (χ2v) is 9.24. The molecule has 1 aliphatic heterocycles. The van der Waals surface area contributed by atoms with E-state index >= 15 is 0 Å². The molecule has 134 valence electrons. The summed E-state index contributed by atoms with van der Waals surface area (Å²) in [4.78, 5) is 29.0. The van der Waals surface area contributed by atoms with E-state index in [0.29, 0.717) is 18.0 Å². The zero-order chi connectivity index (χ0) is 18.5. The molecule has 7 heteroatoms. The fourth-order valence-electron chi connectivity index (χ4n) is 3.48. The molecule has 5 nitrogen and oxygen atoms in total. The summed E-state index contributed by atoms with van der Waals surface area (Å²) in [6.45, 7) is 5.22. The number of hydrogen-bond donors (Lipinski definition) is 2. The van der Waals surface area contributed by atoms with Gasteiger partial charge in [-0.3, -0.25) is 14.8 Å². The van der Waals surface area contributed by atoms with Crippen molar-refractivity contribution < 1.29 is 14.8 Å². The lowest BCUT2D eigenvalue weighted by Gasteiger charge is -2.37. The number of hydrogen-bond acceptors (Lipinski definition) is 5. The highest BCUT2D eigenvalue weighted by Crippen LogP contribution is 2.40. The molecule has 0 atom stereocenters. The van der Waals surface area contributed by atoms with Gasteiger partial charge in [-0.05, 0) is 29.1 Å². The Labute approximate surface area is 158 Å². The Bertz CT molecular complexity index is 986. The van der Waals surface area contributed by atoms with Gasteiger partial charge in [0.15, 0.2) is 0 Å². The van der Waals surface area contributed by atoms with Gasteiger partial charge in [0.2, 0.25) is 0 Å². The molecule has 0 saturated carbocycles. The molecule has 1 aromatic carbocycles. The molecule has 2 aromatic heterocycles. The zero-order valence-corrected chi connectivity index (χ0v) is 16.0. The van der Waals surface area contributed by atoms with Crippen molar-refractivity contribution in [2.45, 2.75) is 25.8 Å². The van der Waals surface area contributed by atoms with Gasteiger partial charge in [0, 0.05) is 28.1 Å². The van der Waals surface area contributed by atoms with Crippen molar-refractivity contribution >= 4 is 44.6 Å². The number of carbonyl (C=O) groups excluding carboxylic acids is 2. The number of nitrogens with zero attached hydrogens (tertiary/aromatic N) is 1. The number of nitrogens with one attached hydrogen (secondary N) is 1. The summed E-state index contributed by atoms with van der Waals surface area (Å²) >= 11 is 2.89. The van der Waals surface area contributed by atoms with Crippen molar-refractivity contribution in [1.82, 2.24) is 10.4 Å². The summed E-state index contributed by atoms with van der Waals surface area (Å²) in [7, 11) is 0. The van der Waals surface area contributed by atoms with Crippen LogP contribution in [-0.2, 0) is 12.0 Å². The Morgan fingerprint density at radius 2 is 1.92 bits per heavy atom. The van der Waals surface area contributed by atoms with Crippen molar-refractivity contribution in [3.63, 3.8) is 0 Å². The number of amides is 2. The van der Waals surface area contributed by atoms with Crippen LogP contribution in [0.2, 0.25) is 0 Å². The van der Waals surface area contributed by atoms with Gasteiger partial charge in [0.25, 0.3) is 11.8 Å². The first-order valence-corrected chi connectivity index (χ1v) is 9.88. The number of fused-ring (bicyclic) bond motifs is 2. The van der Waals surface area contributed by atoms with Crippen molar-refractivity contribution in [1.29, 1.82) is 0 Å². The minimum absolute atomic E-state index is 0.0179. The smallest absolute Gasteiger partial charge is 0.284 e. The average molecular weight is 386 g/mol. The predicted octanol–water partition coefficient (Wildman–Crippen LogP) is 4.02. The van der Waals surface area contributed by atoms with E-state index in [9.17, 15) is 9.59 Å². The van der Waals surface area contributed by atoms with Gasteiger partial charge < -0.3 is 4.90 Å². The van der Waals surface area contributed by atoms with E-state index in [-0.39, 0.29) is 11.3 Å². The molecule has 2 amide bonds. The highest BCUT2D eigenvalue weighted by molar-refractivity contribution is 7.20. The van der Waals surface area contributed by atoms with Gasteiger partial charge in [-0.25, -0.2) is 5.48 Å². The van der Waals surface area contributed by atoms with Gasteiger partial charge in [0.1, 0.15) is 0 Å². The highest BCUT2D eigenvalue weighted by Gasteiger charge is 2.37. The Morgan fingerprint density at radius 1 is 1.15 bits per heavy atom. The Kier molecular flexibility index (Phi) is 4.10. The second kappa shape index (κ2) is 6.19. The molecule has 3 aromatic rings. The summed E-state index contributed by atoms with van der Waals surface area (Å²) in [6.07, 6.45) is 0. The van der Waals surface area contributed by atoms with Gasteiger partial charge in [-0.2, -0.15) is 0 Å². The number of hydroxylamine groups is 1. The third kappa shape index (κ3) is 2.82. The molecule has 0 bridgehead atoms. The van der Waals surface area contributed by atoms with Crippen molar-refractivity contribution in [3.05, 3.63) is 56.6 Å². The number of thiophene rings is 2. The van der Waals surface area contributed by atoms with E-state index in [1.165, 1.54) is 22.7 Å². The van der Waals surface area contributed by atoms with Gasteiger partial charge in [-0.15, -0.1) is 22.7 Å². The monoisotopic (exact) mass is 386 g/mol. The molecule has 0 fully saturated rings. The van der Waals surface area contributed by atoms with E-state index in [0.717, 1.165) is 25.4 Å². The van der Waals surface area contributed by atoms with E-state index < -0.39 is 5.91 Å². The third-order valence-corrected chi connectivity index (χ3v) is 7.27. The summed E-state index contributed by atoms with van der Waals surface area (Å²) < 4.78 is 1.10. The van der Waals surface area contributed by atoms with Crippen LogP contribution in [0.15, 0.2) is 36.4 Å². The first-order valence-electron chi connectivity index (χ1n) is 8.24. The lowest BCUT2D eigenvalue weighted by molar-refractivity contribution is 0.0694. The molecule has 0 aliphatic carbocycles. The number of carbonyl (C=O) groups is 2. The van der Waals surface area contributed by atoms with Crippen molar-refractivity contribution in [2.24, 2.45) is 0 Å². The largest absolute Gasteiger partial charge is 0.333 e. The standard InChI is InChI=1S/C19H18N2O3S2/c1-19(2)10-21(9-12-8-14(17(22)20-24)26-16(12)19)18(23)15-7-11-5-3-4-6-13(11)25-15/h3-8,24H,9-10H2,1-2H3,(H,20,22). The van der Waals surface area contributed by atoms with Crippen LogP contribution in [0, 0.1) is 0 Å². The SMILES string of the molecule is CC1(C)CN(C(=O)c2cc3ccccc3s2)Cc2cc(C(=O)NO)sc21. The number of rotatable bonds is 2. The van der Waals surface area contributed by atoms with Crippen LogP contribution < -0.4 is 5.48 Å². The van der Waals surface area contributed by atoms with Crippen molar-refractivity contribution in [3.8, 4) is 0 Å². The van der Waals surface area contributed by atoms with Crippen LogP contribution in [0.25, 0.3) is 10.1 Å². The van der Waals surface area contributed by atoms with Gasteiger partial charge in [0.05, 0.1) is 9.75 Å². The Morgan fingerprint density at radius 3 is 2.65 bits per heavy atom. The van der Waals surface area contributed by atoms with Gasteiger partial charge >= 0.3 is 0 Å². The van der Waals surface area contributed by atoms with Gasteiger partial charge in [-0.1, -0.05) is 32.0 Å². The van der Waals surface area contributed by atoms with Crippen LogP contribution >= 0.6 is 22.7 Å². The maximum atomic E-state index is 13.1. The first kappa shape index (κ1) is 17.2. The van der Waals surface area contributed by atoms with E-state index in [4.69, 9.17) is 5.21 Å². The summed E-state index contributed by atoms with van der Waals surface area (Å²) in [5.74, 6) is -0.494. The molecule has 1 aliphatic rings. The zero-order valence-electron chi connectivity index (χ0n) is 14.4. The average Bonchev–Trinajstić information content (AvgIpc) is 3.24.